The number of alkyl halides is 2. The van der Waals surface area contributed by atoms with Crippen LogP contribution in [-0.2, 0) is 9.59 Å². The Morgan fingerprint density at radius 1 is 1.64 bits per heavy atom. The van der Waals surface area contributed by atoms with Gasteiger partial charge in [-0.3, -0.25) is 4.79 Å². The zero-order valence-corrected chi connectivity index (χ0v) is 6.27. The lowest BCUT2D eigenvalue weighted by molar-refractivity contribution is -0.141. The molecule has 4 nitrogen and oxygen atoms in total. The molecule has 0 aliphatic rings. The van der Waals surface area contributed by atoms with E-state index in [1.54, 1.807) is 0 Å². The van der Waals surface area contributed by atoms with E-state index in [0.717, 1.165) is 0 Å². The molecular weight excluding hydrogens is 177 g/mol. The molecule has 0 aromatic heterocycles. The van der Waals surface area contributed by atoms with Gasteiger partial charge in [-0.15, -0.1) is 11.6 Å². The Morgan fingerprint density at radius 2 is 2.18 bits per heavy atom. The molecule has 0 aliphatic heterocycles. The zero-order chi connectivity index (χ0) is 8.85. The lowest BCUT2D eigenvalue weighted by Crippen LogP contribution is -2.42. The van der Waals surface area contributed by atoms with Gasteiger partial charge in [-0.05, 0) is 0 Å². The van der Waals surface area contributed by atoms with Crippen LogP contribution in [0.2, 0.25) is 0 Å². The number of carboxylic acids is 1. The molecule has 1 atom stereocenters. The average Bonchev–Trinajstić information content (AvgIpc) is 1.99. The van der Waals surface area contributed by atoms with E-state index >= 15 is 0 Å². The number of amides is 1. The van der Waals surface area contributed by atoms with Gasteiger partial charge in [0.25, 0.3) is 0 Å². The van der Waals surface area contributed by atoms with Crippen molar-refractivity contribution in [2.75, 3.05) is 12.6 Å². The van der Waals surface area contributed by atoms with Crippen LogP contribution < -0.4 is 5.32 Å². The number of nitrogens with one attached hydrogen (secondary N) is 1. The molecule has 0 heterocycles. The first-order valence-corrected chi connectivity index (χ1v) is 3.29. The fourth-order valence-corrected chi connectivity index (χ4v) is 0.476. The SMILES string of the molecule is O=C(CCl)NC(CF)C(=O)O. The summed E-state index contributed by atoms with van der Waals surface area (Å²) in [5.41, 5.74) is 0. The first kappa shape index (κ1) is 10.2. The highest BCUT2D eigenvalue weighted by Crippen LogP contribution is 1.86. The van der Waals surface area contributed by atoms with Gasteiger partial charge in [0.15, 0.2) is 6.04 Å². The van der Waals surface area contributed by atoms with Crippen LogP contribution in [0.4, 0.5) is 4.39 Å². The van der Waals surface area contributed by atoms with E-state index in [-0.39, 0.29) is 5.88 Å². The predicted molar refractivity (Wildman–Crippen MR) is 36.3 cm³/mol. The first-order valence-electron chi connectivity index (χ1n) is 2.76. The molecule has 0 aromatic rings. The van der Waals surface area contributed by atoms with Crippen molar-refractivity contribution < 1.29 is 19.1 Å². The van der Waals surface area contributed by atoms with Crippen molar-refractivity contribution in [3.05, 3.63) is 0 Å². The van der Waals surface area contributed by atoms with Crippen LogP contribution in [0.5, 0.6) is 0 Å². The minimum atomic E-state index is -1.48. The third kappa shape index (κ3) is 3.77. The Kier molecular flexibility index (Phi) is 4.52. The highest BCUT2D eigenvalue weighted by atomic mass is 35.5. The maximum atomic E-state index is 11.8. The number of hydrogen-bond donors (Lipinski definition) is 2. The molecule has 0 radical (unpaired) electrons. The normalized spacial score (nSPS) is 12.2. The standard InChI is InChI=1S/C5H7ClFNO3/c6-1-4(9)8-3(2-7)5(10)11/h3H,1-2H2,(H,8,9)(H,10,11). The average molecular weight is 184 g/mol. The lowest BCUT2D eigenvalue weighted by Gasteiger charge is -2.08. The Balaban J connectivity index is 3.88. The summed E-state index contributed by atoms with van der Waals surface area (Å²) in [6.07, 6.45) is 0. The number of rotatable bonds is 4. The van der Waals surface area contributed by atoms with Crippen molar-refractivity contribution in [2.45, 2.75) is 6.04 Å². The zero-order valence-electron chi connectivity index (χ0n) is 5.51. The van der Waals surface area contributed by atoms with Gasteiger partial charge < -0.3 is 10.4 Å². The molecule has 1 unspecified atom stereocenters. The van der Waals surface area contributed by atoms with Crippen LogP contribution in [0, 0.1) is 0 Å². The third-order valence-electron chi connectivity index (χ3n) is 0.909. The molecule has 0 rings (SSSR count). The van der Waals surface area contributed by atoms with Crippen molar-refractivity contribution in [1.82, 2.24) is 5.32 Å². The van der Waals surface area contributed by atoms with Crippen molar-refractivity contribution in [3.63, 3.8) is 0 Å². The van der Waals surface area contributed by atoms with E-state index in [9.17, 15) is 14.0 Å². The molecule has 11 heavy (non-hydrogen) atoms. The molecule has 0 fully saturated rings. The lowest BCUT2D eigenvalue weighted by atomic mass is 10.3. The van der Waals surface area contributed by atoms with Gasteiger partial charge in [-0.25, -0.2) is 9.18 Å². The fourth-order valence-electron chi connectivity index (χ4n) is 0.399. The maximum Gasteiger partial charge on any atom is 0.328 e. The van der Waals surface area contributed by atoms with Crippen LogP contribution in [0.3, 0.4) is 0 Å². The van der Waals surface area contributed by atoms with Gasteiger partial charge in [-0.1, -0.05) is 0 Å². The van der Waals surface area contributed by atoms with Gasteiger partial charge in [0, 0.05) is 0 Å². The van der Waals surface area contributed by atoms with Crippen molar-refractivity contribution in [2.24, 2.45) is 0 Å². The molecule has 2 N–H and O–H groups in total. The summed E-state index contributed by atoms with van der Waals surface area (Å²) in [4.78, 5) is 20.5. The summed E-state index contributed by atoms with van der Waals surface area (Å²) in [6.45, 7) is -1.14. The first-order chi connectivity index (χ1) is 5.11. The summed E-state index contributed by atoms with van der Waals surface area (Å²) in [5.74, 6) is -2.48. The quantitative estimate of drug-likeness (QED) is 0.592. The molecule has 0 bridgehead atoms. The summed E-state index contributed by atoms with van der Waals surface area (Å²) in [7, 11) is 0. The Hall–Kier alpha value is -0.840. The molecule has 1 amide bonds. The molecule has 0 saturated carbocycles. The minimum Gasteiger partial charge on any atom is -0.480 e. The summed E-state index contributed by atoms with van der Waals surface area (Å²) >= 11 is 5.03. The second-order valence-electron chi connectivity index (χ2n) is 1.75. The number of aliphatic carboxylic acids is 1. The topological polar surface area (TPSA) is 66.4 Å². The summed E-state index contributed by atoms with van der Waals surface area (Å²) in [5, 5.41) is 10.1. The Labute approximate surface area is 67.3 Å². The monoisotopic (exact) mass is 183 g/mol. The number of carboxylic acid groups (broad SMARTS) is 1. The Morgan fingerprint density at radius 3 is 2.45 bits per heavy atom. The van der Waals surface area contributed by atoms with Crippen LogP contribution in [-0.4, -0.2) is 35.6 Å². The second kappa shape index (κ2) is 4.90. The highest BCUT2D eigenvalue weighted by molar-refractivity contribution is 6.27. The smallest absolute Gasteiger partial charge is 0.328 e. The largest absolute Gasteiger partial charge is 0.480 e. The molecular formula is C5H7ClFNO3. The number of carbonyl (C=O) groups excluding carboxylic acids is 1. The number of carbonyl (C=O) groups is 2. The van der Waals surface area contributed by atoms with Gasteiger partial charge in [0.1, 0.15) is 12.6 Å². The maximum absolute atomic E-state index is 11.8. The van der Waals surface area contributed by atoms with E-state index in [1.807, 2.05) is 5.32 Å². The van der Waals surface area contributed by atoms with Crippen LogP contribution in [0.25, 0.3) is 0 Å². The van der Waals surface area contributed by atoms with Crippen LogP contribution in [0.1, 0.15) is 0 Å². The third-order valence-corrected chi connectivity index (χ3v) is 1.15. The van der Waals surface area contributed by atoms with E-state index in [1.165, 1.54) is 0 Å². The fraction of sp³-hybridized carbons (Fsp3) is 0.600. The number of halogens is 2. The van der Waals surface area contributed by atoms with Crippen molar-refractivity contribution in [3.8, 4) is 0 Å². The second-order valence-corrected chi connectivity index (χ2v) is 2.01. The molecule has 0 aliphatic carbocycles. The van der Waals surface area contributed by atoms with Crippen molar-refractivity contribution >= 4 is 23.5 Å². The molecule has 0 aromatic carbocycles. The van der Waals surface area contributed by atoms with E-state index in [0.29, 0.717) is 0 Å². The van der Waals surface area contributed by atoms with Gasteiger partial charge in [0.05, 0.1) is 0 Å². The van der Waals surface area contributed by atoms with Gasteiger partial charge in [-0.2, -0.15) is 0 Å². The molecule has 64 valence electrons. The molecule has 6 heteroatoms. The predicted octanol–water partition coefficient (Wildman–Crippen LogP) is -0.236. The van der Waals surface area contributed by atoms with E-state index < -0.39 is 24.6 Å². The summed E-state index contributed by atoms with van der Waals surface area (Å²) < 4.78 is 11.8. The van der Waals surface area contributed by atoms with Crippen molar-refractivity contribution in [1.29, 1.82) is 0 Å². The van der Waals surface area contributed by atoms with Crippen LogP contribution >= 0.6 is 11.6 Å². The Bertz CT molecular complexity index is 164. The molecule has 0 spiro atoms. The van der Waals surface area contributed by atoms with Gasteiger partial charge >= 0.3 is 5.97 Å². The highest BCUT2D eigenvalue weighted by Gasteiger charge is 2.18. The van der Waals surface area contributed by atoms with E-state index in [4.69, 9.17) is 16.7 Å². The molecule has 0 saturated heterocycles. The van der Waals surface area contributed by atoms with Gasteiger partial charge in [0.2, 0.25) is 5.91 Å². The number of hydrogen-bond acceptors (Lipinski definition) is 2. The summed E-state index contributed by atoms with van der Waals surface area (Å²) in [6, 6.07) is -1.48. The minimum absolute atomic E-state index is 0.371. The van der Waals surface area contributed by atoms with Crippen LogP contribution in [0.15, 0.2) is 0 Å². The van der Waals surface area contributed by atoms with E-state index in [2.05, 4.69) is 0 Å².